The fourth-order valence-corrected chi connectivity index (χ4v) is 1.68. The molecule has 1 unspecified atom stereocenters. The molecule has 1 heterocycles. The molecule has 0 radical (unpaired) electrons. The van der Waals surface area contributed by atoms with E-state index in [4.69, 9.17) is 4.74 Å². The van der Waals surface area contributed by atoms with E-state index in [9.17, 15) is 14.4 Å². The smallest absolute Gasteiger partial charge is 0.408 e. The number of aryl methyl sites for hydroxylation is 1. The van der Waals surface area contributed by atoms with Gasteiger partial charge in [0.25, 0.3) is 0 Å². The number of methoxy groups -OCH3 is 1. The number of rotatable bonds is 4. The van der Waals surface area contributed by atoms with E-state index in [1.54, 1.807) is 27.8 Å². The van der Waals surface area contributed by atoms with Gasteiger partial charge in [-0.1, -0.05) is 0 Å². The summed E-state index contributed by atoms with van der Waals surface area (Å²) in [5.41, 5.74) is -0.370. The molecule has 0 aliphatic rings. The van der Waals surface area contributed by atoms with Crippen molar-refractivity contribution in [2.45, 2.75) is 32.4 Å². The Kier molecular flexibility index (Phi) is 5.07. The van der Waals surface area contributed by atoms with Crippen molar-refractivity contribution in [3.63, 3.8) is 0 Å². The maximum atomic E-state index is 11.7. The SMILES string of the molecule is COC(=O)c1cnn(C)c1C(C=O)NC(=O)OC(C)(C)C. The van der Waals surface area contributed by atoms with Crippen molar-refractivity contribution in [2.75, 3.05) is 7.11 Å². The maximum Gasteiger partial charge on any atom is 0.408 e. The minimum Gasteiger partial charge on any atom is -0.465 e. The average Bonchev–Trinajstić information content (AvgIpc) is 2.75. The van der Waals surface area contributed by atoms with Crippen LogP contribution in [0.15, 0.2) is 6.20 Å². The van der Waals surface area contributed by atoms with Crippen LogP contribution in [0.3, 0.4) is 0 Å². The Balaban J connectivity index is 3.01. The number of nitrogens with one attached hydrogen (secondary N) is 1. The highest BCUT2D eigenvalue weighted by atomic mass is 16.6. The van der Waals surface area contributed by atoms with Crippen molar-refractivity contribution in [3.8, 4) is 0 Å². The van der Waals surface area contributed by atoms with Crippen LogP contribution in [-0.2, 0) is 21.3 Å². The molecule has 21 heavy (non-hydrogen) atoms. The first-order valence-corrected chi connectivity index (χ1v) is 6.24. The lowest BCUT2D eigenvalue weighted by molar-refractivity contribution is -0.109. The molecule has 1 atom stereocenters. The molecule has 1 aromatic heterocycles. The predicted octanol–water partition coefficient (Wildman–Crippen LogP) is 0.971. The third kappa shape index (κ3) is 4.30. The van der Waals surface area contributed by atoms with Crippen molar-refractivity contribution in [1.29, 1.82) is 0 Å². The summed E-state index contributed by atoms with van der Waals surface area (Å²) in [4.78, 5) is 34.7. The second-order valence-corrected chi connectivity index (χ2v) is 5.32. The molecule has 1 amide bonds. The number of hydrogen-bond acceptors (Lipinski definition) is 6. The zero-order chi connectivity index (χ0) is 16.2. The summed E-state index contributed by atoms with van der Waals surface area (Å²) in [5.74, 6) is -0.643. The van der Waals surface area contributed by atoms with Gasteiger partial charge in [-0.05, 0) is 20.8 Å². The van der Waals surface area contributed by atoms with Crippen LogP contribution in [0.4, 0.5) is 4.79 Å². The van der Waals surface area contributed by atoms with Crippen LogP contribution in [0.2, 0.25) is 0 Å². The number of aromatic nitrogens is 2. The Hall–Kier alpha value is -2.38. The summed E-state index contributed by atoms with van der Waals surface area (Å²) in [5, 5.41) is 6.29. The van der Waals surface area contributed by atoms with E-state index < -0.39 is 23.7 Å². The van der Waals surface area contributed by atoms with E-state index in [1.165, 1.54) is 18.0 Å². The molecule has 0 saturated heterocycles. The Morgan fingerprint density at radius 1 is 1.43 bits per heavy atom. The van der Waals surface area contributed by atoms with Gasteiger partial charge in [0.2, 0.25) is 0 Å². The lowest BCUT2D eigenvalue weighted by Crippen LogP contribution is -2.36. The second kappa shape index (κ2) is 6.38. The standard InChI is InChI=1S/C13H19N3O5/c1-13(2,3)21-12(19)15-9(7-17)10-8(11(18)20-5)6-14-16(10)4/h6-7,9H,1-5H3,(H,15,19). The van der Waals surface area contributed by atoms with Gasteiger partial charge in [0.15, 0.2) is 0 Å². The van der Waals surface area contributed by atoms with Crippen LogP contribution < -0.4 is 5.32 Å². The lowest BCUT2D eigenvalue weighted by atomic mass is 10.1. The molecule has 116 valence electrons. The fraction of sp³-hybridized carbons (Fsp3) is 0.538. The Labute approximate surface area is 122 Å². The third-order valence-corrected chi connectivity index (χ3v) is 2.49. The predicted molar refractivity (Wildman–Crippen MR) is 72.7 cm³/mol. The second-order valence-electron chi connectivity index (χ2n) is 5.32. The van der Waals surface area contributed by atoms with Crippen molar-refractivity contribution in [2.24, 2.45) is 7.05 Å². The molecule has 0 aliphatic heterocycles. The van der Waals surface area contributed by atoms with Crippen LogP contribution in [-0.4, -0.2) is 40.8 Å². The van der Waals surface area contributed by atoms with Crippen molar-refractivity contribution < 1.29 is 23.9 Å². The van der Waals surface area contributed by atoms with Gasteiger partial charge >= 0.3 is 12.1 Å². The highest BCUT2D eigenvalue weighted by molar-refractivity contribution is 5.92. The summed E-state index contributed by atoms with van der Waals surface area (Å²) >= 11 is 0. The van der Waals surface area contributed by atoms with Crippen molar-refractivity contribution in [1.82, 2.24) is 15.1 Å². The Morgan fingerprint density at radius 2 is 2.05 bits per heavy atom. The number of carbonyl (C=O) groups excluding carboxylic acids is 3. The van der Waals surface area contributed by atoms with Crippen LogP contribution in [0.1, 0.15) is 42.9 Å². The van der Waals surface area contributed by atoms with Gasteiger partial charge in [-0.2, -0.15) is 5.10 Å². The molecule has 8 heteroatoms. The molecule has 0 aliphatic carbocycles. The molecule has 0 fully saturated rings. The zero-order valence-corrected chi connectivity index (χ0v) is 12.7. The van der Waals surface area contributed by atoms with Crippen LogP contribution in [0.25, 0.3) is 0 Å². The molecule has 0 aromatic carbocycles. The number of ether oxygens (including phenoxy) is 2. The number of amides is 1. The quantitative estimate of drug-likeness (QED) is 0.656. The van der Waals surface area contributed by atoms with Gasteiger partial charge in [0.1, 0.15) is 23.5 Å². The van der Waals surface area contributed by atoms with Crippen molar-refractivity contribution in [3.05, 3.63) is 17.5 Å². The number of nitrogens with zero attached hydrogens (tertiary/aromatic N) is 2. The number of alkyl carbamates (subject to hydrolysis) is 1. The normalized spacial score (nSPS) is 12.4. The largest absolute Gasteiger partial charge is 0.465 e. The Morgan fingerprint density at radius 3 is 2.52 bits per heavy atom. The topological polar surface area (TPSA) is 99.5 Å². The summed E-state index contributed by atoms with van der Waals surface area (Å²) in [6.07, 6.45) is 0.999. The third-order valence-electron chi connectivity index (χ3n) is 2.49. The highest BCUT2D eigenvalue weighted by Crippen LogP contribution is 2.18. The molecule has 0 saturated carbocycles. The Bertz CT molecular complexity index is 544. The minimum absolute atomic E-state index is 0.105. The van der Waals surface area contributed by atoms with E-state index >= 15 is 0 Å². The minimum atomic E-state index is -1.07. The van der Waals surface area contributed by atoms with E-state index in [1.807, 2.05) is 0 Å². The van der Waals surface area contributed by atoms with Gasteiger partial charge in [-0.3, -0.25) is 4.68 Å². The summed E-state index contributed by atoms with van der Waals surface area (Å²) < 4.78 is 11.0. The summed E-state index contributed by atoms with van der Waals surface area (Å²) in [6.45, 7) is 5.10. The van der Waals surface area contributed by atoms with Gasteiger partial charge in [-0.25, -0.2) is 9.59 Å². The van der Waals surface area contributed by atoms with E-state index in [-0.39, 0.29) is 11.3 Å². The van der Waals surface area contributed by atoms with Crippen LogP contribution in [0.5, 0.6) is 0 Å². The van der Waals surface area contributed by atoms with Gasteiger partial charge in [0.05, 0.1) is 19.0 Å². The monoisotopic (exact) mass is 297 g/mol. The first-order valence-electron chi connectivity index (χ1n) is 6.24. The molecule has 1 N–H and O–H groups in total. The van der Waals surface area contributed by atoms with Crippen LogP contribution in [0, 0.1) is 0 Å². The van der Waals surface area contributed by atoms with Gasteiger partial charge < -0.3 is 19.6 Å². The highest BCUT2D eigenvalue weighted by Gasteiger charge is 2.27. The van der Waals surface area contributed by atoms with Gasteiger partial charge in [0, 0.05) is 7.05 Å². The van der Waals surface area contributed by atoms with E-state index in [0.29, 0.717) is 6.29 Å². The molecular formula is C13H19N3O5. The molecule has 1 aromatic rings. The molecule has 0 spiro atoms. The average molecular weight is 297 g/mol. The molecule has 8 nitrogen and oxygen atoms in total. The van der Waals surface area contributed by atoms with Crippen molar-refractivity contribution >= 4 is 18.3 Å². The van der Waals surface area contributed by atoms with E-state index in [2.05, 4.69) is 15.2 Å². The zero-order valence-electron chi connectivity index (χ0n) is 12.7. The lowest BCUT2D eigenvalue weighted by Gasteiger charge is -2.21. The number of hydrogen-bond donors (Lipinski definition) is 1. The summed E-state index contributed by atoms with van der Waals surface area (Å²) in [6, 6.07) is -1.07. The number of carbonyl (C=O) groups is 3. The molecular weight excluding hydrogens is 278 g/mol. The first kappa shape index (κ1) is 16.7. The molecule has 1 rings (SSSR count). The first-order chi connectivity index (χ1) is 9.69. The summed E-state index contributed by atoms with van der Waals surface area (Å²) in [7, 11) is 2.77. The van der Waals surface area contributed by atoms with E-state index in [0.717, 1.165) is 0 Å². The molecule has 0 bridgehead atoms. The number of esters is 1. The van der Waals surface area contributed by atoms with Crippen LogP contribution >= 0.6 is 0 Å². The van der Waals surface area contributed by atoms with Gasteiger partial charge in [-0.15, -0.1) is 0 Å². The fourth-order valence-electron chi connectivity index (χ4n) is 1.68. The maximum absolute atomic E-state index is 11.7. The number of aldehydes is 1.